The van der Waals surface area contributed by atoms with Crippen molar-refractivity contribution in [1.82, 2.24) is 19.4 Å². The molecule has 0 saturated heterocycles. The Morgan fingerprint density at radius 1 is 1.14 bits per heavy atom. The Morgan fingerprint density at radius 3 is 2.69 bits per heavy atom. The van der Waals surface area contributed by atoms with Crippen LogP contribution in [0.4, 0.5) is 5.69 Å². The minimum absolute atomic E-state index is 0.123. The molecule has 0 aliphatic heterocycles. The van der Waals surface area contributed by atoms with Gasteiger partial charge in [0.1, 0.15) is 5.69 Å². The molecule has 0 atom stereocenters. The van der Waals surface area contributed by atoms with Crippen LogP contribution in [0.15, 0.2) is 55.0 Å². The van der Waals surface area contributed by atoms with E-state index in [1.165, 1.54) is 27.5 Å². The van der Waals surface area contributed by atoms with Crippen molar-refractivity contribution >= 4 is 33.4 Å². The Labute approximate surface area is 170 Å². The van der Waals surface area contributed by atoms with E-state index in [1.807, 2.05) is 7.05 Å². The highest BCUT2D eigenvalue weighted by Gasteiger charge is 2.11. The van der Waals surface area contributed by atoms with Gasteiger partial charge in [0, 0.05) is 67.4 Å². The monoisotopic (exact) mass is 389 g/mol. The molecule has 0 aliphatic rings. The van der Waals surface area contributed by atoms with E-state index in [0.29, 0.717) is 12.2 Å². The zero-order chi connectivity index (χ0) is 20.4. The van der Waals surface area contributed by atoms with Crippen LogP contribution in [0.25, 0.3) is 21.8 Å². The molecule has 0 fully saturated rings. The van der Waals surface area contributed by atoms with Gasteiger partial charge in [-0.2, -0.15) is 0 Å². The smallest absolute Gasteiger partial charge is 0.271 e. The van der Waals surface area contributed by atoms with Crippen molar-refractivity contribution in [2.45, 2.75) is 19.9 Å². The van der Waals surface area contributed by atoms with Crippen LogP contribution in [0, 0.1) is 0 Å². The fourth-order valence-electron chi connectivity index (χ4n) is 3.89. The third kappa shape index (κ3) is 3.70. The molecule has 4 aromatic rings. The summed E-state index contributed by atoms with van der Waals surface area (Å²) in [6.45, 7) is 4.62. The molecule has 2 aromatic heterocycles. The highest BCUT2D eigenvalue weighted by atomic mass is 16.1. The predicted octanol–water partition coefficient (Wildman–Crippen LogP) is 3.80. The van der Waals surface area contributed by atoms with Gasteiger partial charge in [0.25, 0.3) is 5.91 Å². The fourth-order valence-corrected chi connectivity index (χ4v) is 3.89. The first-order valence-electron chi connectivity index (χ1n) is 10.1. The van der Waals surface area contributed by atoms with Gasteiger partial charge in [-0.1, -0.05) is 18.2 Å². The number of hydrogen-bond acceptors (Lipinski definition) is 3. The standard InChI is InChI=1S/C23H27N5O/c1-4-28-21-9-6-5-8-18(21)19-14-17(10-11-22(19)28)27(3)13-7-12-24-23(29)20-15-26(2)16-25-20/h5-6,8-11,14-16H,4,7,12-13H2,1-3H3,(H,24,29). The van der Waals surface area contributed by atoms with Gasteiger partial charge >= 0.3 is 0 Å². The number of imidazole rings is 1. The van der Waals surface area contributed by atoms with Gasteiger partial charge in [0.2, 0.25) is 0 Å². The Balaban J connectivity index is 1.43. The van der Waals surface area contributed by atoms with E-state index < -0.39 is 0 Å². The number of carbonyl (C=O) groups is 1. The fraction of sp³-hybridized carbons (Fsp3) is 0.304. The number of rotatable bonds is 7. The number of amides is 1. The summed E-state index contributed by atoms with van der Waals surface area (Å²) in [4.78, 5) is 18.4. The van der Waals surface area contributed by atoms with Crippen LogP contribution in [-0.4, -0.2) is 40.2 Å². The van der Waals surface area contributed by atoms with E-state index in [2.05, 4.69) is 76.2 Å². The van der Waals surface area contributed by atoms with Gasteiger partial charge in [0.05, 0.1) is 6.33 Å². The van der Waals surface area contributed by atoms with Crippen molar-refractivity contribution in [2.75, 3.05) is 25.0 Å². The van der Waals surface area contributed by atoms with E-state index in [4.69, 9.17) is 0 Å². The van der Waals surface area contributed by atoms with Gasteiger partial charge in [0.15, 0.2) is 0 Å². The number of nitrogens with one attached hydrogen (secondary N) is 1. The predicted molar refractivity (Wildman–Crippen MR) is 119 cm³/mol. The number of aromatic nitrogens is 3. The van der Waals surface area contributed by atoms with E-state index in [9.17, 15) is 4.79 Å². The minimum Gasteiger partial charge on any atom is -0.375 e. The molecule has 2 aromatic carbocycles. The zero-order valence-electron chi connectivity index (χ0n) is 17.2. The topological polar surface area (TPSA) is 55.1 Å². The molecular formula is C23H27N5O. The molecule has 0 aliphatic carbocycles. The van der Waals surface area contributed by atoms with Gasteiger partial charge in [-0.3, -0.25) is 4.79 Å². The van der Waals surface area contributed by atoms with Crippen molar-refractivity contribution in [2.24, 2.45) is 7.05 Å². The number of benzene rings is 2. The summed E-state index contributed by atoms with van der Waals surface area (Å²) < 4.78 is 4.13. The third-order valence-corrected chi connectivity index (χ3v) is 5.41. The van der Waals surface area contributed by atoms with Crippen molar-refractivity contribution in [3.8, 4) is 0 Å². The van der Waals surface area contributed by atoms with E-state index in [0.717, 1.165) is 19.5 Å². The Bertz CT molecular complexity index is 1160. The van der Waals surface area contributed by atoms with E-state index >= 15 is 0 Å². The van der Waals surface area contributed by atoms with E-state index in [-0.39, 0.29) is 5.91 Å². The summed E-state index contributed by atoms with van der Waals surface area (Å²) >= 11 is 0. The second kappa shape index (κ2) is 7.99. The summed E-state index contributed by atoms with van der Waals surface area (Å²) in [6, 6.07) is 15.2. The number of anilines is 1. The maximum absolute atomic E-state index is 12.1. The largest absolute Gasteiger partial charge is 0.375 e. The number of hydrogen-bond donors (Lipinski definition) is 1. The summed E-state index contributed by atoms with van der Waals surface area (Å²) in [7, 11) is 3.95. The second-order valence-corrected chi connectivity index (χ2v) is 7.42. The average Bonchev–Trinajstić information content (AvgIpc) is 3.31. The molecular weight excluding hydrogens is 362 g/mol. The molecule has 29 heavy (non-hydrogen) atoms. The quantitative estimate of drug-likeness (QED) is 0.489. The molecule has 0 unspecified atom stereocenters. The number of aryl methyl sites for hydroxylation is 2. The van der Waals surface area contributed by atoms with Crippen LogP contribution >= 0.6 is 0 Å². The molecule has 2 heterocycles. The minimum atomic E-state index is -0.123. The zero-order valence-corrected chi connectivity index (χ0v) is 17.2. The molecule has 0 radical (unpaired) electrons. The lowest BCUT2D eigenvalue weighted by Gasteiger charge is -2.19. The van der Waals surface area contributed by atoms with Crippen LogP contribution in [0.1, 0.15) is 23.8 Å². The number of para-hydroxylation sites is 1. The SMILES string of the molecule is CCn1c2ccccc2c2cc(N(C)CCCNC(=O)c3cn(C)cn3)ccc21. The maximum Gasteiger partial charge on any atom is 0.271 e. The van der Waals surface area contributed by atoms with Crippen molar-refractivity contribution < 1.29 is 4.79 Å². The molecule has 6 nitrogen and oxygen atoms in total. The molecule has 6 heteroatoms. The second-order valence-electron chi connectivity index (χ2n) is 7.42. The lowest BCUT2D eigenvalue weighted by Crippen LogP contribution is -2.28. The Hall–Kier alpha value is -3.28. The third-order valence-electron chi connectivity index (χ3n) is 5.41. The van der Waals surface area contributed by atoms with Crippen molar-refractivity contribution in [1.29, 1.82) is 0 Å². The first-order valence-corrected chi connectivity index (χ1v) is 10.1. The van der Waals surface area contributed by atoms with E-state index in [1.54, 1.807) is 17.1 Å². The van der Waals surface area contributed by atoms with Crippen molar-refractivity contribution in [3.05, 3.63) is 60.7 Å². The molecule has 1 amide bonds. The first-order chi connectivity index (χ1) is 14.1. The molecule has 1 N–H and O–H groups in total. The first kappa shape index (κ1) is 19.1. The normalized spacial score (nSPS) is 11.3. The summed E-state index contributed by atoms with van der Waals surface area (Å²) in [5.41, 5.74) is 4.20. The summed E-state index contributed by atoms with van der Waals surface area (Å²) in [5.74, 6) is -0.123. The van der Waals surface area contributed by atoms with Crippen LogP contribution in [0.2, 0.25) is 0 Å². The number of carbonyl (C=O) groups excluding carboxylic acids is 1. The maximum atomic E-state index is 12.1. The van der Waals surface area contributed by atoms with Gasteiger partial charge in [-0.05, 0) is 37.6 Å². The van der Waals surface area contributed by atoms with Crippen molar-refractivity contribution in [3.63, 3.8) is 0 Å². The summed E-state index contributed by atoms with van der Waals surface area (Å²) in [5, 5.41) is 5.52. The van der Waals surface area contributed by atoms with Crippen LogP contribution in [-0.2, 0) is 13.6 Å². The molecule has 0 saturated carbocycles. The van der Waals surface area contributed by atoms with Crippen LogP contribution < -0.4 is 10.2 Å². The summed E-state index contributed by atoms with van der Waals surface area (Å²) in [6.07, 6.45) is 4.22. The van der Waals surface area contributed by atoms with Crippen LogP contribution in [0.3, 0.4) is 0 Å². The average molecular weight is 390 g/mol. The Kier molecular flexibility index (Phi) is 5.25. The van der Waals surface area contributed by atoms with Gasteiger partial charge in [-0.25, -0.2) is 4.98 Å². The van der Waals surface area contributed by atoms with Gasteiger partial charge < -0.3 is 19.4 Å². The van der Waals surface area contributed by atoms with Crippen LogP contribution in [0.5, 0.6) is 0 Å². The molecule has 0 spiro atoms. The highest BCUT2D eigenvalue weighted by Crippen LogP contribution is 2.31. The number of nitrogens with zero attached hydrogens (tertiary/aromatic N) is 4. The highest BCUT2D eigenvalue weighted by molar-refractivity contribution is 6.09. The lowest BCUT2D eigenvalue weighted by molar-refractivity contribution is 0.0949. The molecule has 0 bridgehead atoms. The lowest BCUT2D eigenvalue weighted by atomic mass is 10.1. The van der Waals surface area contributed by atoms with Gasteiger partial charge in [-0.15, -0.1) is 0 Å². The molecule has 4 rings (SSSR count). The molecule has 150 valence electrons. The number of fused-ring (bicyclic) bond motifs is 3. The Morgan fingerprint density at radius 2 is 1.93 bits per heavy atom.